The molecule has 2 heteroatoms. The zero-order valence-electron chi connectivity index (χ0n) is 7.49. The van der Waals surface area contributed by atoms with Crippen LogP contribution in [0.25, 0.3) is 5.70 Å². The molecule has 0 atom stereocenters. The Labute approximate surface area is 82.8 Å². The maximum Gasteiger partial charge on any atom is 0.0516 e. The molecule has 0 saturated heterocycles. The first-order chi connectivity index (χ1) is 6.40. The van der Waals surface area contributed by atoms with Gasteiger partial charge in [-0.3, -0.25) is 0 Å². The molecule has 13 heavy (non-hydrogen) atoms. The molecule has 0 radical (unpaired) electrons. The van der Waals surface area contributed by atoms with E-state index >= 15 is 0 Å². The minimum Gasteiger partial charge on any atom is -0.361 e. The van der Waals surface area contributed by atoms with Crippen molar-refractivity contribution in [2.45, 2.75) is 12.8 Å². The summed E-state index contributed by atoms with van der Waals surface area (Å²) < 4.78 is 0. The first-order valence-corrected chi connectivity index (χ1v) is 5.41. The molecule has 0 amide bonds. The third-order valence-electron chi connectivity index (χ3n) is 2.07. The Kier molecular flexibility index (Phi) is 2.50. The zero-order valence-corrected chi connectivity index (χ0v) is 8.31. The number of nitrogens with one attached hydrogen (secondary N) is 1. The Hall–Kier alpha value is -1.02. The second-order valence-corrected chi connectivity index (χ2v) is 4.19. The molecule has 1 aromatic heterocycles. The number of allylic oxidation sites excluding steroid dienone is 1. The van der Waals surface area contributed by atoms with Crippen molar-refractivity contribution < 1.29 is 0 Å². The van der Waals surface area contributed by atoms with Gasteiger partial charge in [0.2, 0.25) is 0 Å². The van der Waals surface area contributed by atoms with Crippen molar-refractivity contribution in [3.8, 4) is 0 Å². The number of hydrogen-bond donors (Lipinski definition) is 1. The van der Waals surface area contributed by atoms with E-state index in [4.69, 9.17) is 0 Å². The summed E-state index contributed by atoms with van der Waals surface area (Å²) >= 11 is 1.76. The van der Waals surface area contributed by atoms with Crippen molar-refractivity contribution in [3.05, 3.63) is 41.2 Å². The van der Waals surface area contributed by atoms with E-state index in [-0.39, 0.29) is 0 Å². The zero-order chi connectivity index (χ0) is 9.10. The summed E-state index contributed by atoms with van der Waals surface area (Å²) in [6, 6.07) is 4.21. The van der Waals surface area contributed by atoms with E-state index in [1.807, 2.05) is 0 Å². The summed E-state index contributed by atoms with van der Waals surface area (Å²) in [6.07, 6.45) is 6.74. The normalized spacial score (nSPS) is 17.1. The number of thiophene rings is 1. The second-order valence-electron chi connectivity index (χ2n) is 3.24. The van der Waals surface area contributed by atoms with E-state index in [9.17, 15) is 0 Å². The van der Waals surface area contributed by atoms with E-state index in [1.165, 1.54) is 23.4 Å². The Morgan fingerprint density at radius 2 is 2.46 bits per heavy atom. The number of hydrogen-bond acceptors (Lipinski definition) is 2. The predicted molar refractivity (Wildman–Crippen MR) is 58.4 cm³/mol. The van der Waals surface area contributed by atoms with Crippen LogP contribution in [0.4, 0.5) is 0 Å². The third kappa shape index (κ3) is 2.22. The van der Waals surface area contributed by atoms with Crippen molar-refractivity contribution in [2.75, 3.05) is 0 Å². The highest BCUT2D eigenvalue weighted by atomic mass is 32.1. The summed E-state index contributed by atoms with van der Waals surface area (Å²) in [5.74, 6) is 0.796. The van der Waals surface area contributed by atoms with Gasteiger partial charge < -0.3 is 5.32 Å². The molecular weight excluding hydrogens is 178 g/mol. The van der Waals surface area contributed by atoms with Gasteiger partial charge in [0.1, 0.15) is 0 Å². The third-order valence-corrected chi connectivity index (χ3v) is 2.97. The summed E-state index contributed by atoms with van der Waals surface area (Å²) in [5.41, 5.74) is 1.22. The van der Waals surface area contributed by atoms with Crippen molar-refractivity contribution >= 4 is 17.0 Å². The summed E-state index contributed by atoms with van der Waals surface area (Å²) in [6.45, 7) is 3.69. The van der Waals surface area contributed by atoms with Gasteiger partial charge in [-0.25, -0.2) is 0 Å². The average molecular weight is 191 g/mol. The van der Waals surface area contributed by atoms with E-state index in [1.54, 1.807) is 17.5 Å². The summed E-state index contributed by atoms with van der Waals surface area (Å²) in [7, 11) is 0. The number of rotatable bonds is 4. The van der Waals surface area contributed by atoms with Crippen LogP contribution in [0.3, 0.4) is 0 Å². The smallest absolute Gasteiger partial charge is 0.0516 e. The minimum atomic E-state index is 0.796. The Morgan fingerprint density at radius 1 is 1.62 bits per heavy atom. The molecule has 1 aliphatic rings. The van der Waals surface area contributed by atoms with Gasteiger partial charge in [-0.05, 0) is 36.4 Å². The molecule has 1 saturated carbocycles. The molecular formula is C11H13NS. The molecule has 68 valence electrons. The fourth-order valence-corrected chi connectivity index (χ4v) is 1.96. The van der Waals surface area contributed by atoms with Crippen LogP contribution >= 0.6 is 11.3 Å². The lowest BCUT2D eigenvalue weighted by Gasteiger charge is -2.03. The van der Waals surface area contributed by atoms with Crippen molar-refractivity contribution in [1.29, 1.82) is 0 Å². The lowest BCUT2D eigenvalue weighted by molar-refractivity contribution is 1.09. The highest BCUT2D eigenvalue weighted by molar-refractivity contribution is 7.11. The van der Waals surface area contributed by atoms with Gasteiger partial charge in [0, 0.05) is 0 Å². The molecule has 2 rings (SSSR count). The first-order valence-electron chi connectivity index (χ1n) is 4.53. The summed E-state index contributed by atoms with van der Waals surface area (Å²) in [4.78, 5) is 1.30. The SMILES string of the molecule is C=CN/C(=C\C1CC1)c1cccs1. The van der Waals surface area contributed by atoms with Gasteiger partial charge in [-0.2, -0.15) is 0 Å². The molecule has 1 aliphatic carbocycles. The Morgan fingerprint density at radius 3 is 3.00 bits per heavy atom. The molecule has 1 N–H and O–H groups in total. The van der Waals surface area contributed by atoms with E-state index in [0.29, 0.717) is 0 Å². The van der Waals surface area contributed by atoms with E-state index in [0.717, 1.165) is 5.92 Å². The fourth-order valence-electron chi connectivity index (χ4n) is 1.24. The molecule has 0 aromatic carbocycles. The lowest BCUT2D eigenvalue weighted by atomic mass is 10.2. The predicted octanol–water partition coefficient (Wildman–Crippen LogP) is 3.23. The maximum absolute atomic E-state index is 3.69. The minimum absolute atomic E-state index is 0.796. The Bertz CT molecular complexity index is 307. The van der Waals surface area contributed by atoms with Gasteiger partial charge in [0.25, 0.3) is 0 Å². The van der Waals surface area contributed by atoms with Gasteiger partial charge in [-0.1, -0.05) is 18.7 Å². The Balaban J connectivity index is 2.17. The first kappa shape index (κ1) is 8.57. The molecule has 0 bridgehead atoms. The van der Waals surface area contributed by atoms with Gasteiger partial charge >= 0.3 is 0 Å². The topological polar surface area (TPSA) is 12.0 Å². The maximum atomic E-state index is 3.69. The van der Waals surface area contributed by atoms with E-state index < -0.39 is 0 Å². The fraction of sp³-hybridized carbons (Fsp3) is 0.273. The average Bonchev–Trinajstić information content (AvgIpc) is 2.80. The van der Waals surface area contributed by atoms with Crippen LogP contribution in [0.2, 0.25) is 0 Å². The summed E-state index contributed by atoms with van der Waals surface area (Å²) in [5, 5.41) is 5.29. The van der Waals surface area contributed by atoms with Crippen LogP contribution in [0.1, 0.15) is 17.7 Å². The van der Waals surface area contributed by atoms with Crippen LogP contribution < -0.4 is 5.32 Å². The van der Waals surface area contributed by atoms with Crippen LogP contribution in [-0.4, -0.2) is 0 Å². The van der Waals surface area contributed by atoms with Crippen LogP contribution in [-0.2, 0) is 0 Å². The van der Waals surface area contributed by atoms with Crippen molar-refractivity contribution in [1.82, 2.24) is 5.32 Å². The van der Waals surface area contributed by atoms with Crippen LogP contribution in [0, 0.1) is 5.92 Å². The monoisotopic (exact) mass is 191 g/mol. The van der Waals surface area contributed by atoms with Crippen molar-refractivity contribution in [2.24, 2.45) is 5.92 Å². The highest BCUT2D eigenvalue weighted by Crippen LogP contribution is 2.33. The van der Waals surface area contributed by atoms with Gasteiger partial charge in [0.05, 0.1) is 10.6 Å². The molecule has 0 unspecified atom stereocenters. The molecule has 0 aliphatic heterocycles. The van der Waals surface area contributed by atoms with Gasteiger partial charge in [-0.15, -0.1) is 11.3 Å². The second kappa shape index (κ2) is 3.79. The lowest BCUT2D eigenvalue weighted by Crippen LogP contribution is -2.01. The van der Waals surface area contributed by atoms with E-state index in [2.05, 4.69) is 35.5 Å². The molecule has 1 aromatic rings. The van der Waals surface area contributed by atoms with Crippen LogP contribution in [0.15, 0.2) is 36.4 Å². The molecule has 1 heterocycles. The van der Waals surface area contributed by atoms with Gasteiger partial charge in [0.15, 0.2) is 0 Å². The quantitative estimate of drug-likeness (QED) is 0.770. The molecule has 1 fully saturated rings. The molecule has 0 spiro atoms. The van der Waals surface area contributed by atoms with Crippen molar-refractivity contribution in [3.63, 3.8) is 0 Å². The molecule has 1 nitrogen and oxygen atoms in total. The highest BCUT2D eigenvalue weighted by Gasteiger charge is 2.19. The standard InChI is InChI=1S/C11H13NS/c1-2-12-10(8-9-5-6-9)11-4-3-7-13-11/h2-4,7-9,12H,1,5-6H2/b10-8-. The largest absolute Gasteiger partial charge is 0.361 e. The van der Waals surface area contributed by atoms with Crippen LogP contribution in [0.5, 0.6) is 0 Å².